The molecule has 0 radical (unpaired) electrons. The molecule has 1 N–H and O–H groups in total. The molecule has 128 valence electrons. The van der Waals surface area contributed by atoms with Crippen molar-refractivity contribution in [1.29, 1.82) is 0 Å². The van der Waals surface area contributed by atoms with E-state index in [2.05, 4.69) is 5.32 Å². The third kappa shape index (κ3) is 3.09. The van der Waals surface area contributed by atoms with Crippen molar-refractivity contribution in [2.24, 2.45) is 17.3 Å². The summed E-state index contributed by atoms with van der Waals surface area (Å²) in [6, 6.07) is 0. The van der Waals surface area contributed by atoms with Crippen LogP contribution in [0.15, 0.2) is 0 Å². The number of fused-ring (bicyclic) bond motifs is 1. The van der Waals surface area contributed by atoms with E-state index in [0.717, 1.165) is 32.2 Å². The summed E-state index contributed by atoms with van der Waals surface area (Å²) >= 11 is 0. The van der Waals surface area contributed by atoms with Gasteiger partial charge >= 0.3 is 6.18 Å². The molecule has 3 fully saturated rings. The van der Waals surface area contributed by atoms with Crippen LogP contribution in [0.4, 0.5) is 13.2 Å². The van der Waals surface area contributed by atoms with Crippen LogP contribution in [0.2, 0.25) is 0 Å². The van der Waals surface area contributed by atoms with Crippen LogP contribution in [-0.2, 0) is 4.79 Å². The predicted octanol–water partition coefficient (Wildman–Crippen LogP) is 2.99. The molecule has 1 saturated carbocycles. The first-order chi connectivity index (χ1) is 9.93. The maximum atomic E-state index is 12.9. The summed E-state index contributed by atoms with van der Waals surface area (Å²) in [5, 5.41) is 3.33. The average molecular weight is 341 g/mol. The number of halogens is 4. The van der Waals surface area contributed by atoms with Gasteiger partial charge in [-0.1, -0.05) is 12.8 Å². The Morgan fingerprint density at radius 2 is 1.82 bits per heavy atom. The molecule has 3 rings (SSSR count). The second-order valence-electron chi connectivity index (χ2n) is 6.84. The second kappa shape index (κ2) is 6.56. The monoisotopic (exact) mass is 340 g/mol. The van der Waals surface area contributed by atoms with Crippen LogP contribution >= 0.6 is 12.4 Å². The Morgan fingerprint density at radius 1 is 1.14 bits per heavy atom. The molecule has 2 atom stereocenters. The molecule has 2 aliphatic heterocycles. The lowest BCUT2D eigenvalue weighted by Crippen LogP contribution is -2.52. The first-order valence-corrected chi connectivity index (χ1v) is 8.00. The van der Waals surface area contributed by atoms with E-state index in [0.29, 0.717) is 12.5 Å². The Hall–Kier alpha value is -0.490. The zero-order valence-electron chi connectivity index (χ0n) is 12.6. The van der Waals surface area contributed by atoms with Gasteiger partial charge in [0.2, 0.25) is 5.91 Å². The van der Waals surface area contributed by atoms with Gasteiger partial charge in [0.1, 0.15) is 0 Å². The van der Waals surface area contributed by atoms with Gasteiger partial charge in [0, 0.05) is 19.6 Å². The van der Waals surface area contributed by atoms with Gasteiger partial charge < -0.3 is 10.2 Å². The molecule has 3 nitrogen and oxygen atoms in total. The molecule has 0 aromatic rings. The zero-order chi connectivity index (χ0) is 15.1. The summed E-state index contributed by atoms with van der Waals surface area (Å²) < 4.78 is 38.2. The van der Waals surface area contributed by atoms with Gasteiger partial charge in [-0.15, -0.1) is 12.4 Å². The molecule has 3 aliphatic rings. The number of piperidine rings is 1. The molecule has 0 spiro atoms. The average Bonchev–Trinajstić information content (AvgIpc) is 2.90. The Labute approximate surface area is 135 Å². The van der Waals surface area contributed by atoms with Crippen molar-refractivity contribution in [3.05, 3.63) is 0 Å². The van der Waals surface area contributed by atoms with E-state index < -0.39 is 12.1 Å². The lowest BCUT2D eigenvalue weighted by Gasteiger charge is -2.43. The zero-order valence-corrected chi connectivity index (χ0v) is 13.4. The van der Waals surface area contributed by atoms with Crippen molar-refractivity contribution < 1.29 is 18.0 Å². The molecule has 0 aromatic heterocycles. The van der Waals surface area contributed by atoms with Crippen LogP contribution in [0.5, 0.6) is 0 Å². The lowest BCUT2D eigenvalue weighted by molar-refractivity contribution is -0.188. The number of nitrogens with one attached hydrogen (secondary N) is 1. The predicted molar refractivity (Wildman–Crippen MR) is 79.9 cm³/mol. The summed E-state index contributed by atoms with van der Waals surface area (Å²) in [6.07, 6.45) is 0.184. The normalized spacial score (nSPS) is 33.2. The fourth-order valence-corrected chi connectivity index (χ4v) is 4.39. The number of amides is 1. The summed E-state index contributed by atoms with van der Waals surface area (Å²) in [7, 11) is 0. The minimum atomic E-state index is -4.12. The maximum Gasteiger partial charge on any atom is 0.391 e. The van der Waals surface area contributed by atoms with E-state index in [1.54, 1.807) is 4.90 Å². The summed E-state index contributed by atoms with van der Waals surface area (Å²) in [4.78, 5) is 14.6. The summed E-state index contributed by atoms with van der Waals surface area (Å²) in [5.41, 5.74) is -0.330. The maximum absolute atomic E-state index is 12.9. The third-order valence-electron chi connectivity index (χ3n) is 5.71. The number of carbonyl (C=O) groups excluding carboxylic acids is 1. The minimum absolute atomic E-state index is 0. The standard InChI is InChI=1S/C15H23F3N2O.ClH/c16-15(17,18)11-4-7-20(8-5-11)13(21)14-6-2-1-3-12(14)9-19-10-14;/h11-12,19H,1-10H2;1H/t12-,14+;/m0./s1. The van der Waals surface area contributed by atoms with Crippen molar-refractivity contribution in [3.8, 4) is 0 Å². The number of carbonyl (C=O) groups is 1. The number of hydrogen-bond donors (Lipinski definition) is 1. The molecule has 0 bridgehead atoms. The van der Waals surface area contributed by atoms with Gasteiger partial charge in [0.05, 0.1) is 11.3 Å². The van der Waals surface area contributed by atoms with Gasteiger partial charge in [-0.25, -0.2) is 0 Å². The Morgan fingerprint density at radius 3 is 2.45 bits per heavy atom. The number of likely N-dealkylation sites (tertiary alicyclic amines) is 1. The molecule has 1 amide bonds. The molecule has 7 heteroatoms. The first kappa shape index (κ1) is 17.9. The Bertz CT molecular complexity index is 410. The Kier molecular flexibility index (Phi) is 5.32. The van der Waals surface area contributed by atoms with Crippen LogP contribution in [0.25, 0.3) is 0 Å². The molecular formula is C15H24ClF3N2O. The van der Waals surface area contributed by atoms with E-state index >= 15 is 0 Å². The fourth-order valence-electron chi connectivity index (χ4n) is 4.39. The molecule has 0 unspecified atom stereocenters. The number of rotatable bonds is 1. The highest BCUT2D eigenvalue weighted by Gasteiger charge is 2.52. The van der Waals surface area contributed by atoms with Gasteiger partial charge in [0.15, 0.2) is 0 Å². The molecule has 1 aliphatic carbocycles. The van der Waals surface area contributed by atoms with Crippen LogP contribution in [-0.4, -0.2) is 43.2 Å². The van der Waals surface area contributed by atoms with Crippen LogP contribution < -0.4 is 5.32 Å². The van der Waals surface area contributed by atoms with E-state index in [-0.39, 0.29) is 49.7 Å². The summed E-state index contributed by atoms with van der Waals surface area (Å²) in [5.74, 6) is -0.750. The van der Waals surface area contributed by atoms with Crippen molar-refractivity contribution >= 4 is 18.3 Å². The minimum Gasteiger partial charge on any atom is -0.342 e. The van der Waals surface area contributed by atoms with E-state index in [1.165, 1.54) is 0 Å². The first-order valence-electron chi connectivity index (χ1n) is 8.00. The summed E-state index contributed by atoms with van der Waals surface area (Å²) in [6.45, 7) is 2.11. The highest BCUT2D eigenvalue weighted by Crippen LogP contribution is 2.46. The van der Waals surface area contributed by atoms with Crippen molar-refractivity contribution in [2.75, 3.05) is 26.2 Å². The van der Waals surface area contributed by atoms with Crippen LogP contribution in [0, 0.1) is 17.3 Å². The number of nitrogens with zero attached hydrogens (tertiary/aromatic N) is 1. The van der Waals surface area contributed by atoms with Crippen molar-refractivity contribution in [3.63, 3.8) is 0 Å². The molecule has 0 aromatic carbocycles. The van der Waals surface area contributed by atoms with Crippen LogP contribution in [0.1, 0.15) is 38.5 Å². The van der Waals surface area contributed by atoms with Crippen LogP contribution in [0.3, 0.4) is 0 Å². The van der Waals surface area contributed by atoms with E-state index in [1.807, 2.05) is 0 Å². The van der Waals surface area contributed by atoms with E-state index in [9.17, 15) is 18.0 Å². The molecule has 2 saturated heterocycles. The number of hydrogen-bond acceptors (Lipinski definition) is 2. The largest absolute Gasteiger partial charge is 0.391 e. The highest BCUT2D eigenvalue weighted by atomic mass is 35.5. The fraction of sp³-hybridized carbons (Fsp3) is 0.933. The quantitative estimate of drug-likeness (QED) is 0.796. The van der Waals surface area contributed by atoms with Crippen molar-refractivity contribution in [1.82, 2.24) is 10.2 Å². The van der Waals surface area contributed by atoms with E-state index in [4.69, 9.17) is 0 Å². The topological polar surface area (TPSA) is 32.3 Å². The molecule has 22 heavy (non-hydrogen) atoms. The molecular weight excluding hydrogens is 317 g/mol. The Balaban J connectivity index is 0.00000176. The SMILES string of the molecule is Cl.O=C(N1CCC(C(F)(F)F)CC1)[C@@]12CCCC[C@H]1CNC2. The van der Waals surface area contributed by atoms with Gasteiger partial charge in [-0.05, 0) is 38.1 Å². The van der Waals surface area contributed by atoms with Gasteiger partial charge in [0.25, 0.3) is 0 Å². The number of alkyl halides is 3. The van der Waals surface area contributed by atoms with Gasteiger partial charge in [-0.2, -0.15) is 13.2 Å². The highest BCUT2D eigenvalue weighted by molar-refractivity contribution is 5.85. The lowest BCUT2D eigenvalue weighted by atomic mass is 9.67. The third-order valence-corrected chi connectivity index (χ3v) is 5.71. The smallest absolute Gasteiger partial charge is 0.342 e. The van der Waals surface area contributed by atoms with Gasteiger partial charge in [-0.3, -0.25) is 4.79 Å². The molecule has 2 heterocycles. The van der Waals surface area contributed by atoms with Crippen molar-refractivity contribution in [2.45, 2.75) is 44.7 Å². The second-order valence-corrected chi connectivity index (χ2v) is 6.84.